The minimum Gasteiger partial charge on any atom is -0.399 e. The molecule has 0 saturated heterocycles. The zero-order chi connectivity index (χ0) is 12.1. The smallest absolute Gasteiger partial charge is 0.0346 e. The summed E-state index contributed by atoms with van der Waals surface area (Å²) < 4.78 is 0. The Hall–Kier alpha value is -1.02. The van der Waals surface area contributed by atoms with E-state index >= 15 is 0 Å². The third kappa shape index (κ3) is 2.99. The molecule has 0 fully saturated rings. The van der Waals surface area contributed by atoms with Gasteiger partial charge < -0.3 is 5.73 Å². The summed E-state index contributed by atoms with van der Waals surface area (Å²) in [5, 5.41) is 0. The first kappa shape index (κ1) is 13.0. The number of hydrogen-bond acceptors (Lipinski definition) is 2. The maximum Gasteiger partial charge on any atom is 0.0346 e. The zero-order valence-electron chi connectivity index (χ0n) is 11.0. The highest BCUT2D eigenvalue weighted by Crippen LogP contribution is 2.18. The van der Waals surface area contributed by atoms with E-state index in [0.717, 1.165) is 18.8 Å². The van der Waals surface area contributed by atoms with E-state index in [1.54, 1.807) is 0 Å². The Bertz CT molecular complexity index is 334. The van der Waals surface area contributed by atoms with Gasteiger partial charge in [-0.3, -0.25) is 4.90 Å². The molecule has 0 bridgehead atoms. The quantitative estimate of drug-likeness (QED) is 0.772. The Kier molecular flexibility index (Phi) is 4.81. The summed E-state index contributed by atoms with van der Waals surface area (Å²) in [7, 11) is 0. The molecule has 2 N–H and O–H groups in total. The standard InChI is InChI=1S/C14H24N2/c1-5-11(3)16(6-2)10-13-8-7-9-14(15)12(13)4/h7-9,11H,5-6,10,15H2,1-4H3. The fourth-order valence-electron chi connectivity index (χ4n) is 1.93. The largest absolute Gasteiger partial charge is 0.399 e. The molecular formula is C14H24N2. The van der Waals surface area contributed by atoms with Crippen molar-refractivity contribution in [3.8, 4) is 0 Å². The average molecular weight is 220 g/mol. The van der Waals surface area contributed by atoms with Crippen LogP contribution in [-0.4, -0.2) is 17.5 Å². The van der Waals surface area contributed by atoms with Gasteiger partial charge in [0.25, 0.3) is 0 Å². The van der Waals surface area contributed by atoms with Crippen molar-refractivity contribution >= 4 is 5.69 Å². The van der Waals surface area contributed by atoms with Gasteiger partial charge in [-0.2, -0.15) is 0 Å². The SMILES string of the molecule is CCC(C)N(CC)Cc1cccc(N)c1C. The second-order valence-electron chi connectivity index (χ2n) is 4.45. The van der Waals surface area contributed by atoms with Crippen molar-refractivity contribution in [2.24, 2.45) is 0 Å². The van der Waals surface area contributed by atoms with Crippen molar-refractivity contribution in [1.29, 1.82) is 0 Å². The molecule has 0 radical (unpaired) electrons. The Morgan fingerprint density at radius 1 is 1.31 bits per heavy atom. The molecule has 0 aromatic heterocycles. The highest BCUT2D eigenvalue weighted by atomic mass is 15.1. The van der Waals surface area contributed by atoms with Gasteiger partial charge in [-0.25, -0.2) is 0 Å². The van der Waals surface area contributed by atoms with Crippen molar-refractivity contribution < 1.29 is 0 Å². The molecule has 1 unspecified atom stereocenters. The summed E-state index contributed by atoms with van der Waals surface area (Å²) >= 11 is 0. The topological polar surface area (TPSA) is 29.3 Å². The summed E-state index contributed by atoms with van der Waals surface area (Å²) in [5.41, 5.74) is 9.40. The molecule has 0 aliphatic carbocycles. The second-order valence-corrected chi connectivity index (χ2v) is 4.45. The van der Waals surface area contributed by atoms with Crippen LogP contribution in [0, 0.1) is 6.92 Å². The van der Waals surface area contributed by atoms with Crippen LogP contribution in [0.15, 0.2) is 18.2 Å². The molecule has 1 atom stereocenters. The Morgan fingerprint density at radius 2 is 2.00 bits per heavy atom. The monoisotopic (exact) mass is 220 g/mol. The highest BCUT2D eigenvalue weighted by Gasteiger charge is 2.12. The third-order valence-electron chi connectivity index (χ3n) is 3.48. The molecule has 1 aromatic rings. The van der Waals surface area contributed by atoms with Gasteiger partial charge in [-0.05, 0) is 44.0 Å². The van der Waals surface area contributed by atoms with E-state index in [0.29, 0.717) is 6.04 Å². The van der Waals surface area contributed by atoms with Crippen LogP contribution in [-0.2, 0) is 6.54 Å². The molecule has 0 aliphatic heterocycles. The van der Waals surface area contributed by atoms with Crippen LogP contribution in [0.1, 0.15) is 38.3 Å². The highest BCUT2D eigenvalue weighted by molar-refractivity contribution is 5.49. The molecular weight excluding hydrogens is 196 g/mol. The number of nitrogens with zero attached hydrogens (tertiary/aromatic N) is 1. The molecule has 1 aromatic carbocycles. The van der Waals surface area contributed by atoms with E-state index < -0.39 is 0 Å². The van der Waals surface area contributed by atoms with Gasteiger partial charge in [-0.15, -0.1) is 0 Å². The zero-order valence-corrected chi connectivity index (χ0v) is 11.0. The Balaban J connectivity index is 2.82. The Labute approximate surface area is 99.5 Å². The van der Waals surface area contributed by atoms with Crippen LogP contribution in [0.25, 0.3) is 0 Å². The van der Waals surface area contributed by atoms with Gasteiger partial charge in [0.1, 0.15) is 0 Å². The minimum absolute atomic E-state index is 0.630. The molecule has 90 valence electrons. The summed E-state index contributed by atoms with van der Waals surface area (Å²) in [5.74, 6) is 0. The van der Waals surface area contributed by atoms with Crippen molar-refractivity contribution in [3.05, 3.63) is 29.3 Å². The molecule has 0 amide bonds. The maximum absolute atomic E-state index is 5.93. The van der Waals surface area contributed by atoms with Crippen molar-refractivity contribution in [1.82, 2.24) is 4.90 Å². The number of nitrogens with two attached hydrogens (primary N) is 1. The number of hydrogen-bond donors (Lipinski definition) is 1. The lowest BCUT2D eigenvalue weighted by atomic mass is 10.1. The number of anilines is 1. The molecule has 2 nitrogen and oxygen atoms in total. The lowest BCUT2D eigenvalue weighted by molar-refractivity contribution is 0.206. The van der Waals surface area contributed by atoms with E-state index in [2.05, 4.69) is 38.7 Å². The molecule has 2 heteroatoms. The van der Waals surface area contributed by atoms with Gasteiger partial charge in [0.2, 0.25) is 0 Å². The molecule has 16 heavy (non-hydrogen) atoms. The van der Waals surface area contributed by atoms with Crippen LogP contribution in [0.2, 0.25) is 0 Å². The fourth-order valence-corrected chi connectivity index (χ4v) is 1.93. The summed E-state index contributed by atoms with van der Waals surface area (Å²) in [4.78, 5) is 2.49. The number of rotatable bonds is 5. The first-order valence-corrected chi connectivity index (χ1v) is 6.18. The van der Waals surface area contributed by atoms with E-state index in [4.69, 9.17) is 5.73 Å². The minimum atomic E-state index is 0.630. The van der Waals surface area contributed by atoms with Gasteiger partial charge in [0.15, 0.2) is 0 Å². The van der Waals surface area contributed by atoms with Crippen LogP contribution in [0.3, 0.4) is 0 Å². The van der Waals surface area contributed by atoms with Crippen LogP contribution in [0.5, 0.6) is 0 Å². The van der Waals surface area contributed by atoms with E-state index in [9.17, 15) is 0 Å². The first-order chi connectivity index (χ1) is 7.60. The summed E-state index contributed by atoms with van der Waals surface area (Å²) in [6, 6.07) is 6.82. The lowest BCUT2D eigenvalue weighted by Gasteiger charge is -2.27. The molecule has 0 aliphatic rings. The van der Waals surface area contributed by atoms with Crippen molar-refractivity contribution in [2.75, 3.05) is 12.3 Å². The molecule has 1 rings (SSSR count). The normalized spacial score (nSPS) is 13.1. The van der Waals surface area contributed by atoms with Gasteiger partial charge >= 0.3 is 0 Å². The molecule has 0 spiro atoms. The van der Waals surface area contributed by atoms with E-state index in [1.165, 1.54) is 17.5 Å². The third-order valence-corrected chi connectivity index (χ3v) is 3.48. The second kappa shape index (κ2) is 5.90. The lowest BCUT2D eigenvalue weighted by Crippen LogP contribution is -2.32. The van der Waals surface area contributed by atoms with Crippen molar-refractivity contribution in [3.63, 3.8) is 0 Å². The number of nitrogen functional groups attached to an aromatic ring is 1. The van der Waals surface area contributed by atoms with Crippen LogP contribution < -0.4 is 5.73 Å². The van der Waals surface area contributed by atoms with Crippen molar-refractivity contribution in [2.45, 2.75) is 46.7 Å². The van der Waals surface area contributed by atoms with Gasteiger partial charge in [0.05, 0.1) is 0 Å². The molecule has 0 saturated carbocycles. The maximum atomic E-state index is 5.93. The van der Waals surface area contributed by atoms with E-state index in [1.807, 2.05) is 12.1 Å². The molecule has 0 heterocycles. The van der Waals surface area contributed by atoms with Crippen LogP contribution in [0.4, 0.5) is 5.69 Å². The predicted octanol–water partition coefficient (Wildman–Crippen LogP) is 3.20. The average Bonchev–Trinajstić information content (AvgIpc) is 2.30. The first-order valence-electron chi connectivity index (χ1n) is 6.18. The number of benzene rings is 1. The Morgan fingerprint density at radius 3 is 2.56 bits per heavy atom. The fraction of sp³-hybridized carbons (Fsp3) is 0.571. The van der Waals surface area contributed by atoms with Gasteiger partial charge in [0, 0.05) is 18.3 Å². The van der Waals surface area contributed by atoms with E-state index in [-0.39, 0.29) is 0 Å². The summed E-state index contributed by atoms with van der Waals surface area (Å²) in [6.45, 7) is 10.9. The van der Waals surface area contributed by atoms with Crippen LogP contribution >= 0.6 is 0 Å². The summed E-state index contributed by atoms with van der Waals surface area (Å²) in [6.07, 6.45) is 1.19. The predicted molar refractivity (Wildman–Crippen MR) is 71.4 cm³/mol. The van der Waals surface area contributed by atoms with Gasteiger partial charge in [-0.1, -0.05) is 26.0 Å².